The fourth-order valence-electron chi connectivity index (χ4n) is 1.48. The third-order valence-corrected chi connectivity index (χ3v) is 2.37. The quantitative estimate of drug-likeness (QED) is 0.664. The van der Waals surface area contributed by atoms with Crippen molar-refractivity contribution in [1.82, 2.24) is 9.97 Å². The predicted octanol–water partition coefficient (Wildman–Crippen LogP) is 3.61. The molecule has 0 saturated heterocycles. The van der Waals surface area contributed by atoms with Gasteiger partial charge < -0.3 is 0 Å². The molecule has 2 nitrogen and oxygen atoms in total. The summed E-state index contributed by atoms with van der Waals surface area (Å²) < 4.78 is 38.1. The van der Waals surface area contributed by atoms with Gasteiger partial charge >= 0.3 is 6.18 Å². The molecule has 0 aliphatic rings. The van der Waals surface area contributed by atoms with Crippen molar-refractivity contribution in [2.45, 2.75) is 13.1 Å². The summed E-state index contributed by atoms with van der Waals surface area (Å²) in [5, 5.41) is -0.322. The maximum atomic E-state index is 12.7. The van der Waals surface area contributed by atoms with Gasteiger partial charge in [-0.3, -0.25) is 0 Å². The molecule has 0 radical (unpaired) electrons. The van der Waals surface area contributed by atoms with E-state index in [-0.39, 0.29) is 16.1 Å². The number of nitrogens with zero attached hydrogens (tertiary/aromatic N) is 2. The van der Waals surface area contributed by atoms with Crippen molar-refractivity contribution in [1.29, 1.82) is 0 Å². The van der Waals surface area contributed by atoms with E-state index in [1.54, 1.807) is 6.92 Å². The Morgan fingerprint density at radius 3 is 2.50 bits per heavy atom. The van der Waals surface area contributed by atoms with Crippen LogP contribution in [0.15, 0.2) is 18.2 Å². The molecule has 1 aromatic heterocycles. The molecule has 0 atom stereocenters. The average Bonchev–Trinajstić information content (AvgIpc) is 2.14. The van der Waals surface area contributed by atoms with Gasteiger partial charge in [-0.1, -0.05) is 17.7 Å². The smallest absolute Gasteiger partial charge is 0.233 e. The molecular formula is C10H6ClF3N2. The first kappa shape index (κ1) is 11.1. The van der Waals surface area contributed by atoms with E-state index in [9.17, 15) is 13.2 Å². The van der Waals surface area contributed by atoms with Gasteiger partial charge in [-0.05, 0) is 19.1 Å². The number of aromatic nitrogens is 2. The second-order valence-electron chi connectivity index (χ2n) is 3.26. The molecule has 2 aromatic rings. The summed E-state index contributed by atoms with van der Waals surface area (Å²) in [7, 11) is 0. The summed E-state index contributed by atoms with van der Waals surface area (Å²) in [5.41, 5.74) is -0.609. The monoisotopic (exact) mass is 246 g/mol. The van der Waals surface area contributed by atoms with Gasteiger partial charge in [0.2, 0.25) is 0 Å². The summed E-state index contributed by atoms with van der Waals surface area (Å²) in [6.07, 6.45) is -4.46. The number of halogens is 4. The van der Waals surface area contributed by atoms with Crippen molar-refractivity contribution < 1.29 is 13.2 Å². The van der Waals surface area contributed by atoms with Crippen molar-refractivity contribution in [3.63, 3.8) is 0 Å². The van der Waals surface area contributed by atoms with Crippen molar-refractivity contribution in [3.8, 4) is 0 Å². The lowest BCUT2D eigenvalue weighted by Crippen LogP contribution is -2.07. The van der Waals surface area contributed by atoms with Crippen LogP contribution in [0.25, 0.3) is 10.9 Å². The van der Waals surface area contributed by atoms with E-state index in [0.29, 0.717) is 5.82 Å². The Bertz CT molecular complexity index is 551. The van der Waals surface area contributed by atoms with Crippen LogP contribution in [0.3, 0.4) is 0 Å². The fourth-order valence-corrected chi connectivity index (χ4v) is 1.80. The lowest BCUT2D eigenvalue weighted by molar-refractivity contribution is -0.136. The van der Waals surface area contributed by atoms with E-state index in [0.717, 1.165) is 6.07 Å². The molecule has 6 heteroatoms. The van der Waals surface area contributed by atoms with Crippen LogP contribution in [-0.4, -0.2) is 9.97 Å². The van der Waals surface area contributed by atoms with Gasteiger partial charge in [-0.2, -0.15) is 13.2 Å². The molecule has 0 unspecified atom stereocenters. The van der Waals surface area contributed by atoms with Crippen LogP contribution in [0.5, 0.6) is 0 Å². The van der Waals surface area contributed by atoms with Crippen LogP contribution in [0.1, 0.15) is 11.4 Å². The van der Waals surface area contributed by atoms with Crippen molar-refractivity contribution >= 4 is 22.5 Å². The Balaban J connectivity index is 2.87. The zero-order valence-electron chi connectivity index (χ0n) is 8.14. The fraction of sp³-hybridized carbons (Fsp3) is 0.200. The summed E-state index contributed by atoms with van der Waals surface area (Å²) in [4.78, 5) is 7.65. The minimum absolute atomic E-state index is 0.151. The summed E-state index contributed by atoms with van der Waals surface area (Å²) in [6, 6.07) is 3.74. The Morgan fingerprint density at radius 2 is 1.88 bits per heavy atom. The molecule has 0 N–H and O–H groups in total. The molecule has 0 fully saturated rings. The number of benzene rings is 1. The van der Waals surface area contributed by atoms with E-state index in [2.05, 4.69) is 9.97 Å². The zero-order valence-corrected chi connectivity index (χ0v) is 8.89. The molecule has 0 aliphatic carbocycles. The van der Waals surface area contributed by atoms with Crippen LogP contribution in [0, 0.1) is 6.92 Å². The summed E-state index contributed by atoms with van der Waals surface area (Å²) in [6.45, 7) is 1.57. The molecule has 0 spiro atoms. The number of fused-ring (bicyclic) bond motifs is 1. The van der Waals surface area contributed by atoms with Crippen molar-refractivity contribution in [3.05, 3.63) is 34.7 Å². The molecule has 0 saturated carbocycles. The standard InChI is InChI=1S/C10H6ClF3N2/c1-5-15-7-4-2-3-6(10(12,13)14)8(7)9(11)16-5/h2-4H,1H3. The number of aryl methyl sites for hydroxylation is 1. The highest BCUT2D eigenvalue weighted by molar-refractivity contribution is 6.34. The van der Waals surface area contributed by atoms with E-state index in [1.165, 1.54) is 12.1 Å². The second-order valence-corrected chi connectivity index (χ2v) is 3.62. The van der Waals surface area contributed by atoms with E-state index in [1.807, 2.05) is 0 Å². The Labute approximate surface area is 94.1 Å². The SMILES string of the molecule is Cc1nc(Cl)c2c(C(F)(F)F)cccc2n1. The first-order valence-electron chi connectivity index (χ1n) is 4.39. The third-order valence-electron chi connectivity index (χ3n) is 2.10. The van der Waals surface area contributed by atoms with Crippen LogP contribution in [-0.2, 0) is 6.18 Å². The Kier molecular flexibility index (Phi) is 2.50. The molecule has 2 rings (SSSR count). The molecule has 84 valence electrons. The Morgan fingerprint density at radius 1 is 1.19 bits per heavy atom. The average molecular weight is 247 g/mol. The normalized spacial score (nSPS) is 12.1. The minimum Gasteiger partial charge on any atom is -0.233 e. The van der Waals surface area contributed by atoms with Crippen LogP contribution < -0.4 is 0 Å². The highest BCUT2D eigenvalue weighted by atomic mass is 35.5. The molecule has 0 aliphatic heterocycles. The number of alkyl halides is 3. The maximum absolute atomic E-state index is 12.7. The predicted molar refractivity (Wildman–Crippen MR) is 54.3 cm³/mol. The molecule has 0 amide bonds. The maximum Gasteiger partial charge on any atom is 0.417 e. The van der Waals surface area contributed by atoms with Crippen LogP contribution >= 0.6 is 11.6 Å². The summed E-state index contributed by atoms with van der Waals surface area (Å²) in [5.74, 6) is 0.344. The third kappa shape index (κ3) is 1.82. The van der Waals surface area contributed by atoms with Crippen LogP contribution in [0.2, 0.25) is 5.15 Å². The largest absolute Gasteiger partial charge is 0.417 e. The Hall–Kier alpha value is -1.36. The molecule has 0 bridgehead atoms. The lowest BCUT2D eigenvalue weighted by atomic mass is 10.1. The van der Waals surface area contributed by atoms with Crippen molar-refractivity contribution in [2.75, 3.05) is 0 Å². The van der Waals surface area contributed by atoms with E-state index >= 15 is 0 Å². The minimum atomic E-state index is -4.46. The van der Waals surface area contributed by atoms with E-state index < -0.39 is 11.7 Å². The lowest BCUT2D eigenvalue weighted by Gasteiger charge is -2.10. The van der Waals surface area contributed by atoms with Gasteiger partial charge in [0.25, 0.3) is 0 Å². The topological polar surface area (TPSA) is 25.8 Å². The first-order valence-corrected chi connectivity index (χ1v) is 4.77. The van der Waals surface area contributed by atoms with Crippen molar-refractivity contribution in [2.24, 2.45) is 0 Å². The highest BCUT2D eigenvalue weighted by Gasteiger charge is 2.33. The van der Waals surface area contributed by atoms with Crippen LogP contribution in [0.4, 0.5) is 13.2 Å². The van der Waals surface area contributed by atoms with Gasteiger partial charge in [-0.15, -0.1) is 0 Å². The van der Waals surface area contributed by atoms with Gasteiger partial charge in [0.15, 0.2) is 0 Å². The highest BCUT2D eigenvalue weighted by Crippen LogP contribution is 2.36. The molecule has 1 heterocycles. The molecule has 16 heavy (non-hydrogen) atoms. The van der Waals surface area contributed by atoms with Gasteiger partial charge in [0.05, 0.1) is 11.1 Å². The number of rotatable bonds is 0. The summed E-state index contributed by atoms with van der Waals surface area (Å²) >= 11 is 5.72. The number of hydrogen-bond donors (Lipinski definition) is 0. The van der Waals surface area contributed by atoms with Gasteiger partial charge in [0.1, 0.15) is 11.0 Å². The first-order chi connectivity index (χ1) is 7.39. The number of hydrogen-bond acceptors (Lipinski definition) is 2. The second kappa shape index (κ2) is 3.59. The van der Waals surface area contributed by atoms with Gasteiger partial charge in [-0.25, -0.2) is 9.97 Å². The molecular weight excluding hydrogens is 241 g/mol. The van der Waals surface area contributed by atoms with E-state index in [4.69, 9.17) is 11.6 Å². The molecule has 1 aromatic carbocycles. The van der Waals surface area contributed by atoms with Gasteiger partial charge in [0, 0.05) is 5.39 Å². The zero-order chi connectivity index (χ0) is 11.9.